The van der Waals surface area contributed by atoms with Gasteiger partial charge >= 0.3 is 6.18 Å². The second kappa shape index (κ2) is 5.92. The summed E-state index contributed by atoms with van der Waals surface area (Å²) in [6.07, 6.45) is -4.44. The summed E-state index contributed by atoms with van der Waals surface area (Å²) in [7, 11) is 0. The van der Waals surface area contributed by atoms with E-state index in [1.54, 1.807) is 0 Å². The lowest BCUT2D eigenvalue weighted by Crippen LogP contribution is -2.30. The molecule has 0 saturated carbocycles. The molecule has 1 fully saturated rings. The Morgan fingerprint density at radius 3 is 2.38 bits per heavy atom. The van der Waals surface area contributed by atoms with E-state index in [-0.39, 0.29) is 23.6 Å². The number of nitrogens with zero attached hydrogens (tertiary/aromatic N) is 1. The monoisotopic (exact) mass is 298 g/mol. The summed E-state index contributed by atoms with van der Waals surface area (Å²) in [5, 5.41) is 12.1. The zero-order chi connectivity index (χ0) is 15.6. The number of anilines is 1. The van der Waals surface area contributed by atoms with Crippen LogP contribution < -0.4 is 16.2 Å². The minimum atomic E-state index is -4.44. The third-order valence-electron chi connectivity index (χ3n) is 3.82. The third-order valence-corrected chi connectivity index (χ3v) is 3.82. The molecule has 7 heteroatoms. The number of alkyl halides is 3. The van der Waals surface area contributed by atoms with Gasteiger partial charge in [-0.2, -0.15) is 18.4 Å². The van der Waals surface area contributed by atoms with Crippen LogP contribution in [0.1, 0.15) is 25.0 Å². The minimum absolute atomic E-state index is 0.00375. The van der Waals surface area contributed by atoms with E-state index in [0.29, 0.717) is 12.2 Å². The van der Waals surface area contributed by atoms with Gasteiger partial charge < -0.3 is 5.32 Å². The average molecular weight is 298 g/mol. The lowest BCUT2D eigenvalue weighted by atomic mass is 9.96. The molecule has 1 aliphatic rings. The number of hydrogen-bond acceptors (Lipinski definition) is 4. The molecular formula is C14H17F3N4. The molecule has 3 N–H and O–H groups in total. The molecule has 2 unspecified atom stereocenters. The Morgan fingerprint density at radius 2 is 1.86 bits per heavy atom. The fraction of sp³-hybridized carbons (Fsp3) is 0.500. The largest absolute Gasteiger partial charge is 0.416 e. The van der Waals surface area contributed by atoms with Crippen molar-refractivity contribution in [3.8, 4) is 6.07 Å². The Hall–Kier alpha value is -1.78. The van der Waals surface area contributed by atoms with Crippen LogP contribution in [0.3, 0.4) is 0 Å². The topological polar surface area (TPSA) is 59.9 Å². The maximum absolute atomic E-state index is 12.6. The maximum Gasteiger partial charge on any atom is 0.416 e. The van der Waals surface area contributed by atoms with Crippen molar-refractivity contribution in [2.24, 2.45) is 5.92 Å². The van der Waals surface area contributed by atoms with Crippen molar-refractivity contribution in [3.63, 3.8) is 0 Å². The van der Waals surface area contributed by atoms with Gasteiger partial charge in [-0.05, 0) is 32.0 Å². The molecule has 2 rings (SSSR count). The number of rotatable bonds is 3. The fourth-order valence-electron chi connectivity index (χ4n) is 2.46. The summed E-state index contributed by atoms with van der Waals surface area (Å²) >= 11 is 0. The van der Waals surface area contributed by atoms with E-state index in [4.69, 9.17) is 5.26 Å². The molecule has 21 heavy (non-hydrogen) atoms. The van der Waals surface area contributed by atoms with E-state index in [1.165, 1.54) is 6.07 Å². The number of nitriles is 1. The Bertz CT molecular complexity index is 540. The number of halogens is 3. The Morgan fingerprint density at radius 1 is 1.24 bits per heavy atom. The molecule has 0 aromatic heterocycles. The molecule has 0 amide bonds. The molecule has 1 aliphatic heterocycles. The quantitative estimate of drug-likeness (QED) is 0.802. The molecule has 0 spiro atoms. The first kappa shape index (κ1) is 15.6. The van der Waals surface area contributed by atoms with Gasteiger partial charge in [0.05, 0.1) is 16.8 Å². The molecule has 0 radical (unpaired) electrons. The fourth-order valence-corrected chi connectivity index (χ4v) is 2.46. The first-order chi connectivity index (χ1) is 9.82. The summed E-state index contributed by atoms with van der Waals surface area (Å²) in [6, 6.07) is 5.47. The van der Waals surface area contributed by atoms with Gasteiger partial charge in [0.2, 0.25) is 0 Å². The van der Waals surface area contributed by atoms with Crippen LogP contribution in [0.25, 0.3) is 0 Å². The first-order valence-electron chi connectivity index (χ1n) is 6.69. The predicted molar refractivity (Wildman–Crippen MR) is 73.3 cm³/mol. The van der Waals surface area contributed by atoms with Gasteiger partial charge in [-0.3, -0.25) is 10.9 Å². The van der Waals surface area contributed by atoms with Gasteiger partial charge in [0, 0.05) is 24.5 Å². The average Bonchev–Trinajstić information content (AvgIpc) is 2.74. The molecule has 4 nitrogen and oxygen atoms in total. The van der Waals surface area contributed by atoms with Crippen molar-refractivity contribution in [3.05, 3.63) is 29.3 Å². The summed E-state index contributed by atoms with van der Waals surface area (Å²) in [5.74, 6) is 0.277. The van der Waals surface area contributed by atoms with Crippen LogP contribution in [0.2, 0.25) is 0 Å². The Balaban J connectivity index is 2.12. The molecule has 1 aromatic rings. The Labute approximate surface area is 121 Å². The van der Waals surface area contributed by atoms with E-state index in [0.717, 1.165) is 12.1 Å². The van der Waals surface area contributed by atoms with Crippen LogP contribution in [0.4, 0.5) is 18.9 Å². The second-order valence-electron chi connectivity index (χ2n) is 5.28. The number of hydrazine groups is 1. The normalized spacial score (nSPS) is 25.6. The van der Waals surface area contributed by atoms with Crippen molar-refractivity contribution in [1.29, 1.82) is 5.26 Å². The highest BCUT2D eigenvalue weighted by molar-refractivity contribution is 5.59. The third kappa shape index (κ3) is 3.46. The van der Waals surface area contributed by atoms with Gasteiger partial charge in [-0.1, -0.05) is 0 Å². The standard InChI is InChI=1S/C14H17F3N4/c1-8-12(9(2)21-20-8)7-19-13-4-3-11(14(15,16)17)5-10(13)6-18/h3-5,8-9,12,19-21H,7H2,1-2H3. The van der Waals surface area contributed by atoms with Crippen molar-refractivity contribution >= 4 is 5.69 Å². The van der Waals surface area contributed by atoms with Crippen LogP contribution in [-0.2, 0) is 6.18 Å². The molecule has 1 heterocycles. The van der Waals surface area contributed by atoms with Gasteiger partial charge in [0.1, 0.15) is 6.07 Å². The van der Waals surface area contributed by atoms with Crippen LogP contribution >= 0.6 is 0 Å². The molecule has 0 aliphatic carbocycles. The van der Waals surface area contributed by atoms with E-state index < -0.39 is 11.7 Å². The highest BCUT2D eigenvalue weighted by atomic mass is 19.4. The maximum atomic E-state index is 12.6. The SMILES string of the molecule is CC1NNC(C)C1CNc1ccc(C(F)(F)F)cc1C#N. The summed E-state index contributed by atoms with van der Waals surface area (Å²) in [5.41, 5.74) is 5.84. The molecule has 0 bridgehead atoms. The summed E-state index contributed by atoms with van der Waals surface area (Å²) in [6.45, 7) is 4.63. The van der Waals surface area contributed by atoms with E-state index in [1.807, 2.05) is 19.9 Å². The van der Waals surface area contributed by atoms with Gasteiger partial charge in [-0.25, -0.2) is 0 Å². The second-order valence-corrected chi connectivity index (χ2v) is 5.28. The Kier molecular flexibility index (Phi) is 4.40. The van der Waals surface area contributed by atoms with Gasteiger partial charge in [0.25, 0.3) is 0 Å². The van der Waals surface area contributed by atoms with Gasteiger partial charge in [0.15, 0.2) is 0 Å². The van der Waals surface area contributed by atoms with Crippen LogP contribution in [0, 0.1) is 17.2 Å². The molecule has 1 saturated heterocycles. The minimum Gasteiger partial charge on any atom is -0.384 e. The van der Waals surface area contributed by atoms with Crippen molar-refractivity contribution < 1.29 is 13.2 Å². The van der Waals surface area contributed by atoms with E-state index >= 15 is 0 Å². The van der Waals surface area contributed by atoms with E-state index in [2.05, 4.69) is 16.2 Å². The van der Waals surface area contributed by atoms with Crippen molar-refractivity contribution in [2.75, 3.05) is 11.9 Å². The highest BCUT2D eigenvalue weighted by Gasteiger charge is 2.32. The smallest absolute Gasteiger partial charge is 0.384 e. The zero-order valence-corrected chi connectivity index (χ0v) is 11.8. The zero-order valence-electron chi connectivity index (χ0n) is 11.8. The van der Waals surface area contributed by atoms with Crippen LogP contribution in [-0.4, -0.2) is 18.6 Å². The summed E-state index contributed by atoms with van der Waals surface area (Å²) in [4.78, 5) is 0. The highest BCUT2D eigenvalue weighted by Crippen LogP contribution is 2.31. The molecule has 1 aromatic carbocycles. The molecular weight excluding hydrogens is 281 g/mol. The molecule has 114 valence electrons. The lowest BCUT2D eigenvalue weighted by molar-refractivity contribution is -0.137. The van der Waals surface area contributed by atoms with Crippen LogP contribution in [0.15, 0.2) is 18.2 Å². The van der Waals surface area contributed by atoms with E-state index in [9.17, 15) is 13.2 Å². The number of hydrogen-bond donors (Lipinski definition) is 3. The number of benzene rings is 1. The first-order valence-corrected chi connectivity index (χ1v) is 6.69. The number of nitrogens with one attached hydrogen (secondary N) is 3. The predicted octanol–water partition coefficient (Wildman–Crippen LogP) is 2.49. The van der Waals surface area contributed by atoms with Crippen molar-refractivity contribution in [2.45, 2.75) is 32.1 Å². The molecule has 2 atom stereocenters. The van der Waals surface area contributed by atoms with Crippen molar-refractivity contribution in [1.82, 2.24) is 10.9 Å². The summed E-state index contributed by atoms with van der Waals surface area (Å²) < 4.78 is 37.9. The van der Waals surface area contributed by atoms with Crippen LogP contribution in [0.5, 0.6) is 0 Å². The van der Waals surface area contributed by atoms with Gasteiger partial charge in [-0.15, -0.1) is 0 Å². The lowest BCUT2D eigenvalue weighted by Gasteiger charge is -2.20.